The van der Waals surface area contributed by atoms with E-state index in [0.717, 1.165) is 32.7 Å². The van der Waals surface area contributed by atoms with E-state index in [9.17, 15) is 0 Å². The maximum absolute atomic E-state index is 8.84. The van der Waals surface area contributed by atoms with Crippen molar-refractivity contribution in [3.8, 4) is 22.5 Å². The SMILES string of the molecule is [2H]c1c([2H])c([2H])c(-n2c3ccc4cccc5c4c3-c3c4c(cccc42)ccc3n5-c2c([2H])c([2H])c([2H])c([2H])c2[2H])c([2H])c1[2H]. The highest BCUT2D eigenvalue weighted by molar-refractivity contribution is 6.26. The Hall–Kier alpha value is -4.56. The molecule has 0 spiro atoms. The molecule has 0 aromatic heterocycles. The summed E-state index contributed by atoms with van der Waals surface area (Å²) < 4.78 is 88.7. The first kappa shape index (κ1) is 11.0. The number of hydrogen-bond donors (Lipinski definition) is 0. The van der Waals surface area contributed by atoms with Crippen molar-refractivity contribution in [3.63, 3.8) is 0 Å². The number of para-hydroxylation sites is 2. The Kier molecular flexibility index (Phi) is 2.11. The van der Waals surface area contributed by atoms with Crippen LogP contribution in [-0.2, 0) is 0 Å². The van der Waals surface area contributed by atoms with Gasteiger partial charge in [-0.25, -0.2) is 0 Å². The van der Waals surface area contributed by atoms with Gasteiger partial charge in [0.25, 0.3) is 0 Å². The Labute approximate surface area is 210 Å². The van der Waals surface area contributed by atoms with Gasteiger partial charge in [0.05, 0.1) is 35.8 Å². The van der Waals surface area contributed by atoms with E-state index in [1.165, 1.54) is 0 Å². The van der Waals surface area contributed by atoms with Gasteiger partial charge >= 0.3 is 0 Å². The lowest BCUT2D eigenvalue weighted by Gasteiger charge is -2.28. The van der Waals surface area contributed by atoms with Crippen LogP contribution in [0.5, 0.6) is 0 Å². The highest BCUT2D eigenvalue weighted by Gasteiger charge is 2.26. The Morgan fingerprint density at radius 3 is 1.32 bits per heavy atom. The van der Waals surface area contributed by atoms with Crippen molar-refractivity contribution >= 4 is 43.6 Å². The third-order valence-electron chi connectivity index (χ3n) is 6.64. The third kappa shape index (κ3) is 2.20. The summed E-state index contributed by atoms with van der Waals surface area (Å²) in [6.07, 6.45) is 0. The van der Waals surface area contributed by atoms with Gasteiger partial charge in [0, 0.05) is 33.3 Å². The van der Waals surface area contributed by atoms with E-state index in [4.69, 9.17) is 13.7 Å². The van der Waals surface area contributed by atoms with Crippen LogP contribution in [0.25, 0.3) is 66.1 Å². The van der Waals surface area contributed by atoms with Gasteiger partial charge in [0.2, 0.25) is 0 Å². The zero-order valence-corrected chi connectivity index (χ0v) is 17.7. The summed E-state index contributed by atoms with van der Waals surface area (Å²) in [7, 11) is 0. The van der Waals surface area contributed by atoms with Gasteiger partial charge in [-0.1, -0.05) is 72.7 Å². The van der Waals surface area contributed by atoms with Crippen molar-refractivity contribution in [3.05, 3.63) is 121 Å². The standard InChI is InChI=1S/C32H20N2/c1-3-11-23(12-4-1)33-25-15-7-9-21-18-20-28-32(29(21)25)31-27(33)19-17-22-10-8-16-26(30(22)31)34(28)24-13-5-2-6-14-24/h1-20H/i1D,2D,3D,4D,5D,6D,11D,12D,13D,14D. The number of benzene rings is 6. The van der Waals surface area contributed by atoms with Gasteiger partial charge in [-0.2, -0.15) is 0 Å². The monoisotopic (exact) mass is 442 g/mol. The summed E-state index contributed by atoms with van der Waals surface area (Å²) in [5.74, 6) is 0. The lowest BCUT2D eigenvalue weighted by atomic mass is 9.87. The molecule has 2 aliphatic heterocycles. The average Bonchev–Trinajstić information content (AvgIpc) is 3.04. The molecule has 2 aliphatic rings. The molecule has 0 atom stereocenters. The van der Waals surface area contributed by atoms with Gasteiger partial charge in [-0.3, -0.25) is 0 Å². The Morgan fingerprint density at radius 1 is 0.441 bits per heavy atom. The molecule has 2 nitrogen and oxygen atoms in total. The highest BCUT2D eigenvalue weighted by atomic mass is 15.0. The van der Waals surface area contributed by atoms with Crippen LogP contribution in [0.2, 0.25) is 0 Å². The molecule has 2 heteroatoms. The maximum Gasteiger partial charge on any atom is 0.0645 e. The minimum absolute atomic E-state index is 0.0284. The van der Waals surface area contributed by atoms with Crippen LogP contribution in [0.3, 0.4) is 0 Å². The quantitative estimate of drug-likeness (QED) is 0.188. The summed E-state index contributed by atoms with van der Waals surface area (Å²) in [5.41, 5.74) is 4.02. The molecule has 0 saturated heterocycles. The molecule has 0 fully saturated rings. The van der Waals surface area contributed by atoms with Gasteiger partial charge in [-0.15, -0.1) is 0 Å². The van der Waals surface area contributed by atoms with E-state index in [-0.39, 0.29) is 35.5 Å². The van der Waals surface area contributed by atoms with Crippen LogP contribution in [0.15, 0.2) is 121 Å². The van der Waals surface area contributed by atoms with Gasteiger partial charge < -0.3 is 9.13 Å². The first-order valence-electron chi connectivity index (χ1n) is 15.9. The van der Waals surface area contributed by atoms with Crippen molar-refractivity contribution in [1.29, 1.82) is 0 Å². The fourth-order valence-electron chi connectivity index (χ4n) is 5.40. The molecule has 6 aromatic rings. The molecular formula is C32H20N2. The molecule has 0 N–H and O–H groups in total. The second-order valence-corrected chi connectivity index (χ2v) is 8.29. The molecule has 0 bridgehead atoms. The van der Waals surface area contributed by atoms with E-state index in [2.05, 4.69) is 0 Å². The fourth-order valence-corrected chi connectivity index (χ4v) is 5.40. The van der Waals surface area contributed by atoms with E-state index in [1.54, 1.807) is 9.13 Å². The number of nitrogens with zero attached hydrogens (tertiary/aromatic N) is 2. The summed E-state index contributed by atoms with van der Waals surface area (Å²) in [4.78, 5) is 0. The largest absolute Gasteiger partial charge is 0.309 e. The second-order valence-electron chi connectivity index (χ2n) is 8.29. The van der Waals surface area contributed by atoms with Gasteiger partial charge in [0.15, 0.2) is 0 Å². The van der Waals surface area contributed by atoms with Gasteiger partial charge in [-0.05, 0) is 59.2 Å². The fraction of sp³-hybridized carbons (Fsp3) is 0. The topological polar surface area (TPSA) is 9.86 Å². The van der Waals surface area contributed by atoms with Crippen LogP contribution in [0.1, 0.15) is 13.7 Å². The molecule has 0 amide bonds. The van der Waals surface area contributed by atoms with Crippen molar-refractivity contribution in [2.75, 3.05) is 0 Å². The van der Waals surface area contributed by atoms with Crippen molar-refractivity contribution in [2.45, 2.75) is 0 Å². The summed E-state index contributed by atoms with van der Waals surface area (Å²) in [6.45, 7) is 0. The van der Waals surface area contributed by atoms with Crippen molar-refractivity contribution in [1.82, 2.24) is 9.13 Å². The molecule has 0 unspecified atom stereocenters. The summed E-state index contributed by atoms with van der Waals surface area (Å²) in [5, 5.41) is 3.18. The molecule has 6 aromatic carbocycles. The van der Waals surface area contributed by atoms with E-state index in [0.29, 0.717) is 22.1 Å². The first-order chi connectivity index (χ1) is 21.0. The molecule has 0 saturated carbocycles. The summed E-state index contributed by atoms with van der Waals surface area (Å²) in [6, 6.07) is 14.8. The molecule has 34 heavy (non-hydrogen) atoms. The lowest BCUT2D eigenvalue weighted by molar-refractivity contribution is 1.14. The number of hydrogen-bond acceptors (Lipinski definition) is 0. The van der Waals surface area contributed by atoms with Gasteiger partial charge in [0.1, 0.15) is 0 Å². The van der Waals surface area contributed by atoms with Crippen molar-refractivity contribution < 1.29 is 13.7 Å². The normalized spacial score (nSPS) is 16.2. The molecule has 158 valence electrons. The average molecular weight is 443 g/mol. The van der Waals surface area contributed by atoms with Crippen LogP contribution in [0.4, 0.5) is 0 Å². The van der Waals surface area contributed by atoms with E-state index in [1.807, 2.05) is 60.7 Å². The predicted molar refractivity (Wildman–Crippen MR) is 143 cm³/mol. The molecule has 0 radical (unpaired) electrons. The maximum atomic E-state index is 8.84. The van der Waals surface area contributed by atoms with Crippen LogP contribution >= 0.6 is 0 Å². The lowest BCUT2D eigenvalue weighted by Crippen LogP contribution is -2.09. The third-order valence-corrected chi connectivity index (χ3v) is 6.64. The van der Waals surface area contributed by atoms with Crippen molar-refractivity contribution in [2.24, 2.45) is 0 Å². The Balaban J connectivity index is 1.70. The molecule has 2 heterocycles. The Bertz CT molecular complexity index is 2280. The number of aromatic nitrogens is 2. The first-order valence-corrected chi connectivity index (χ1v) is 10.9. The van der Waals surface area contributed by atoms with E-state index < -0.39 is 36.3 Å². The zero-order chi connectivity index (χ0) is 30.9. The zero-order valence-electron chi connectivity index (χ0n) is 27.7. The number of pyridine rings is 2. The minimum atomic E-state index is -0.474. The molecular weight excluding hydrogens is 412 g/mol. The van der Waals surface area contributed by atoms with Crippen LogP contribution in [0, 0.1) is 0 Å². The Morgan fingerprint density at radius 2 is 0.882 bits per heavy atom. The molecule has 8 rings (SSSR count). The summed E-state index contributed by atoms with van der Waals surface area (Å²) >= 11 is 0. The second kappa shape index (κ2) is 6.49. The minimum Gasteiger partial charge on any atom is -0.309 e. The van der Waals surface area contributed by atoms with Crippen LogP contribution in [-0.4, -0.2) is 9.13 Å². The number of rotatable bonds is 2. The van der Waals surface area contributed by atoms with E-state index >= 15 is 0 Å². The smallest absolute Gasteiger partial charge is 0.0645 e. The van der Waals surface area contributed by atoms with Crippen LogP contribution < -0.4 is 0 Å². The highest BCUT2D eigenvalue weighted by Crippen LogP contribution is 2.49. The molecule has 0 aliphatic carbocycles. The predicted octanol–water partition coefficient (Wildman–Crippen LogP) is 8.42.